The van der Waals surface area contributed by atoms with Crippen LogP contribution in [0.3, 0.4) is 0 Å². The lowest BCUT2D eigenvalue weighted by molar-refractivity contribution is -0.138. The molecule has 1 aromatic heterocycles. The van der Waals surface area contributed by atoms with Crippen molar-refractivity contribution in [3.05, 3.63) is 64.9 Å². The number of nitrogens with zero attached hydrogens (tertiary/aromatic N) is 5. The highest BCUT2D eigenvalue weighted by molar-refractivity contribution is 7.89. The van der Waals surface area contributed by atoms with Gasteiger partial charge in [0.15, 0.2) is 0 Å². The van der Waals surface area contributed by atoms with Gasteiger partial charge < -0.3 is 20.2 Å². The molecule has 1 aliphatic carbocycles. The third kappa shape index (κ3) is 9.95. The predicted octanol–water partition coefficient (Wildman–Crippen LogP) is 5.36. The third-order valence-electron chi connectivity index (χ3n) is 11.9. The van der Waals surface area contributed by atoms with Gasteiger partial charge in [0, 0.05) is 70.2 Å². The van der Waals surface area contributed by atoms with Crippen LogP contribution in [0.5, 0.6) is 0 Å². The van der Waals surface area contributed by atoms with Gasteiger partial charge in [-0.05, 0) is 106 Å². The number of aromatic nitrogens is 2. The van der Waals surface area contributed by atoms with Crippen LogP contribution in [0.25, 0.3) is 0 Å². The largest absolute Gasteiger partial charge is 0.421 e. The number of sulfonamides is 1. The molecule has 4 N–H and O–H groups in total. The van der Waals surface area contributed by atoms with E-state index in [1.807, 2.05) is 0 Å². The zero-order valence-corrected chi connectivity index (χ0v) is 33.7. The minimum atomic E-state index is -4.71. The molecule has 19 heteroatoms. The summed E-state index contributed by atoms with van der Waals surface area (Å²) in [5.74, 6) is -3.33. The van der Waals surface area contributed by atoms with Crippen molar-refractivity contribution in [1.29, 1.82) is 0 Å². The Balaban J connectivity index is 0.900. The summed E-state index contributed by atoms with van der Waals surface area (Å²) in [5.41, 5.74) is -1.17. The van der Waals surface area contributed by atoms with E-state index in [0.717, 1.165) is 19.4 Å². The first-order valence-electron chi connectivity index (χ1n) is 20.0. The van der Waals surface area contributed by atoms with E-state index < -0.39 is 56.7 Å². The van der Waals surface area contributed by atoms with E-state index >= 15 is 8.78 Å². The van der Waals surface area contributed by atoms with Crippen molar-refractivity contribution in [2.75, 3.05) is 60.9 Å². The first kappa shape index (κ1) is 42.7. The maximum absolute atomic E-state index is 15.2. The number of amides is 2. The Hall–Kier alpha value is -4.46. The number of imide groups is 1. The van der Waals surface area contributed by atoms with Crippen molar-refractivity contribution in [2.45, 2.75) is 93.8 Å². The molecule has 4 fully saturated rings. The number of nitrogens with one attached hydrogen (secondary N) is 3. The van der Waals surface area contributed by atoms with Crippen LogP contribution >= 0.6 is 0 Å². The molecule has 0 bridgehead atoms. The second-order valence-electron chi connectivity index (χ2n) is 16.5. The molecule has 2 atom stereocenters. The fourth-order valence-electron chi connectivity index (χ4n) is 8.71. The van der Waals surface area contributed by atoms with E-state index in [-0.39, 0.29) is 59.9 Å². The normalized spacial score (nSPS) is 24.9. The molecule has 2 aromatic carbocycles. The number of carbonyl (C=O) groups is 2. The average molecular weight is 849 g/mol. The maximum atomic E-state index is 15.2. The van der Waals surface area contributed by atoms with Gasteiger partial charge in [-0.25, -0.2) is 26.9 Å². The predicted molar refractivity (Wildman–Crippen MR) is 210 cm³/mol. The topological polar surface area (TPSA) is 160 Å². The van der Waals surface area contributed by atoms with Gasteiger partial charge in [-0.1, -0.05) is 0 Å². The maximum Gasteiger partial charge on any atom is 0.421 e. The molecule has 59 heavy (non-hydrogen) atoms. The third-order valence-corrected chi connectivity index (χ3v) is 13.4. The van der Waals surface area contributed by atoms with Crippen molar-refractivity contribution in [3.8, 4) is 0 Å². The molecule has 1 unspecified atom stereocenters. The first-order valence-corrected chi connectivity index (χ1v) is 21.4. The van der Waals surface area contributed by atoms with Crippen molar-refractivity contribution >= 4 is 45.0 Å². The van der Waals surface area contributed by atoms with Gasteiger partial charge in [0.05, 0.1) is 16.4 Å². The van der Waals surface area contributed by atoms with Gasteiger partial charge in [-0.15, -0.1) is 0 Å². The molecule has 3 aromatic rings. The van der Waals surface area contributed by atoms with Crippen molar-refractivity contribution in [2.24, 2.45) is 5.92 Å². The molecule has 0 spiro atoms. The van der Waals surface area contributed by atoms with E-state index in [2.05, 4.69) is 30.2 Å². The number of carbonyl (C=O) groups excluding carboxylic acids is 2. The Labute approximate surface area is 339 Å². The Kier molecular flexibility index (Phi) is 12.2. The Morgan fingerprint density at radius 3 is 2.29 bits per heavy atom. The van der Waals surface area contributed by atoms with Crippen LogP contribution in [0, 0.1) is 24.5 Å². The number of alkyl halides is 3. The van der Waals surface area contributed by atoms with Gasteiger partial charge >= 0.3 is 6.18 Å². The SMILES string of the molecule is Cc1cc(S(=O)(=O)NC2CCC(CN3CCN(c4c(F)cc(C5CCC(=O)NC5=O)cc4F)CC3)CC2)ccc1Nc1ncc(C(F)(F)F)c(N2CCC[C@](C)(O)C2)n1. The van der Waals surface area contributed by atoms with E-state index in [9.17, 15) is 36.3 Å². The standard InChI is InChI=1S/C40H49F5N8O5S/c1-24-18-28(8-10-33(24)47-38-46-21-30(40(43,44)45)36(49-38)53-13-3-12-39(2,56)23-53)59(57,58)50-27-6-4-25(5-7-27)22-51-14-16-52(17-15-51)35-31(41)19-26(20-32(35)42)29-9-11-34(54)48-37(29)55/h8,10,18-21,25,27,29,50,56H,3-7,9,11-17,22-23H2,1-2H3,(H,46,47,49)(H,48,54,55)/t25?,27?,29?,39-/m0/s1. The Morgan fingerprint density at radius 1 is 0.966 bits per heavy atom. The highest BCUT2D eigenvalue weighted by Crippen LogP contribution is 2.38. The smallest absolute Gasteiger partial charge is 0.388 e. The summed E-state index contributed by atoms with van der Waals surface area (Å²) in [4.78, 5) is 37.2. The summed E-state index contributed by atoms with van der Waals surface area (Å²) < 4.78 is 102. The highest BCUT2D eigenvalue weighted by atomic mass is 32.2. The number of β-amino-alcohol motifs (C(OH)–C–C–N with tert-alkyl or cyclic N) is 1. The van der Waals surface area contributed by atoms with Crippen LogP contribution in [-0.4, -0.2) is 97.7 Å². The number of benzene rings is 2. The number of hydrogen-bond acceptors (Lipinski definition) is 11. The van der Waals surface area contributed by atoms with Crippen LogP contribution in [0.4, 0.5) is 45.1 Å². The van der Waals surface area contributed by atoms with E-state index in [1.54, 1.807) is 18.7 Å². The molecule has 13 nitrogen and oxygen atoms in total. The fourth-order valence-corrected chi connectivity index (χ4v) is 10.1. The molecule has 1 saturated carbocycles. The molecular formula is C40H49F5N8O5S. The Bertz CT molecular complexity index is 2150. The summed E-state index contributed by atoms with van der Waals surface area (Å²) >= 11 is 0. The van der Waals surface area contributed by atoms with E-state index in [4.69, 9.17) is 0 Å². The Morgan fingerprint density at radius 2 is 1.66 bits per heavy atom. The van der Waals surface area contributed by atoms with E-state index in [0.29, 0.717) is 75.2 Å². The minimum Gasteiger partial charge on any atom is -0.388 e. The fraction of sp³-hybridized carbons (Fsp3) is 0.550. The number of piperazine rings is 1. The zero-order chi connectivity index (χ0) is 42.3. The van der Waals surface area contributed by atoms with Crippen molar-refractivity contribution < 1.29 is 45.1 Å². The van der Waals surface area contributed by atoms with Gasteiger partial charge in [0.2, 0.25) is 27.8 Å². The van der Waals surface area contributed by atoms with E-state index in [1.165, 1.54) is 35.2 Å². The van der Waals surface area contributed by atoms with Crippen LogP contribution in [-0.2, 0) is 25.8 Å². The minimum absolute atomic E-state index is 0.0222. The molecule has 7 rings (SSSR count). The number of aliphatic hydroxyl groups is 1. The van der Waals surface area contributed by atoms with Crippen molar-refractivity contribution in [3.63, 3.8) is 0 Å². The summed E-state index contributed by atoms with van der Waals surface area (Å²) in [6.07, 6.45) is 0.119. The second kappa shape index (κ2) is 16.9. The molecule has 3 saturated heterocycles. The van der Waals surface area contributed by atoms with Gasteiger partial charge in [0.1, 0.15) is 28.7 Å². The quantitative estimate of drug-likeness (QED) is 0.154. The van der Waals surface area contributed by atoms with Gasteiger partial charge in [-0.2, -0.15) is 18.2 Å². The molecule has 3 aliphatic heterocycles. The first-order chi connectivity index (χ1) is 27.8. The average Bonchev–Trinajstić information content (AvgIpc) is 3.16. The zero-order valence-electron chi connectivity index (χ0n) is 32.9. The number of hydrogen-bond donors (Lipinski definition) is 4. The van der Waals surface area contributed by atoms with Crippen LogP contribution in [0.2, 0.25) is 0 Å². The molecule has 2 amide bonds. The summed E-state index contributed by atoms with van der Waals surface area (Å²) in [6.45, 7) is 6.31. The lowest BCUT2D eigenvalue weighted by atomic mass is 9.86. The number of rotatable bonds is 10. The van der Waals surface area contributed by atoms with Crippen LogP contribution in [0.15, 0.2) is 41.4 Å². The molecule has 4 aliphatic rings. The van der Waals surface area contributed by atoms with Crippen molar-refractivity contribution in [1.82, 2.24) is 24.9 Å². The molecular weight excluding hydrogens is 800 g/mol. The molecule has 0 radical (unpaired) electrons. The second-order valence-corrected chi connectivity index (χ2v) is 18.2. The summed E-state index contributed by atoms with van der Waals surface area (Å²) in [7, 11) is -3.90. The molecule has 320 valence electrons. The van der Waals surface area contributed by atoms with Crippen LogP contribution in [0.1, 0.15) is 80.9 Å². The summed E-state index contributed by atoms with van der Waals surface area (Å²) in [5, 5.41) is 15.7. The number of aryl methyl sites for hydroxylation is 1. The van der Waals surface area contributed by atoms with Gasteiger partial charge in [-0.3, -0.25) is 19.8 Å². The van der Waals surface area contributed by atoms with Crippen LogP contribution < -0.4 is 25.2 Å². The monoisotopic (exact) mass is 848 g/mol. The lowest BCUT2D eigenvalue weighted by Gasteiger charge is -2.39. The highest BCUT2D eigenvalue weighted by Gasteiger charge is 2.40. The number of anilines is 4. The number of halogens is 5. The number of piperidine rings is 2. The van der Waals surface area contributed by atoms with Gasteiger partial charge in [0.25, 0.3) is 0 Å². The molecule has 4 heterocycles. The summed E-state index contributed by atoms with van der Waals surface area (Å²) in [6, 6.07) is 6.52. The lowest BCUT2D eigenvalue weighted by Crippen LogP contribution is -2.49.